The van der Waals surface area contributed by atoms with Gasteiger partial charge in [-0.25, -0.2) is 0 Å². The van der Waals surface area contributed by atoms with E-state index >= 15 is 0 Å². The first-order valence-corrected chi connectivity index (χ1v) is 8.97. The van der Waals surface area contributed by atoms with Gasteiger partial charge in [-0.2, -0.15) is 10.5 Å². The van der Waals surface area contributed by atoms with Crippen LogP contribution in [0.2, 0.25) is 0 Å². The fraction of sp³-hybridized carbons (Fsp3) is 0.381. The number of benzene rings is 1. The molecule has 0 N–H and O–H groups in total. The minimum absolute atomic E-state index is 0.000207. The highest BCUT2D eigenvalue weighted by Gasteiger charge is 2.06. The molecule has 148 valence electrons. The summed E-state index contributed by atoms with van der Waals surface area (Å²) in [6.45, 7) is 4.47. The molecule has 0 radical (unpaired) electrons. The Labute approximate surface area is 166 Å². The number of allylic oxidation sites excluding steroid dienone is 3. The van der Waals surface area contributed by atoms with E-state index in [1.165, 1.54) is 6.08 Å². The second-order valence-electron chi connectivity index (χ2n) is 5.58. The molecule has 0 aromatic heterocycles. The summed E-state index contributed by atoms with van der Waals surface area (Å²) in [6.07, 6.45) is 4.58. The number of esters is 1. The van der Waals surface area contributed by atoms with Crippen molar-refractivity contribution in [2.24, 2.45) is 0 Å². The zero-order chi connectivity index (χ0) is 20.5. The molecule has 0 spiro atoms. The van der Waals surface area contributed by atoms with Gasteiger partial charge in [0.1, 0.15) is 30.9 Å². The Balaban J connectivity index is 2.10. The van der Waals surface area contributed by atoms with Crippen LogP contribution in [0.1, 0.15) is 12.5 Å². The third-order valence-corrected chi connectivity index (χ3v) is 3.51. The zero-order valence-corrected chi connectivity index (χ0v) is 16.0. The third-order valence-electron chi connectivity index (χ3n) is 3.51. The van der Waals surface area contributed by atoms with Crippen molar-refractivity contribution >= 4 is 5.97 Å². The summed E-state index contributed by atoms with van der Waals surface area (Å²) in [5.74, 6) is -0.375. The monoisotopic (exact) mass is 383 g/mol. The van der Waals surface area contributed by atoms with Crippen molar-refractivity contribution in [3.8, 4) is 12.1 Å². The van der Waals surface area contributed by atoms with E-state index in [0.29, 0.717) is 33.0 Å². The van der Waals surface area contributed by atoms with Gasteiger partial charge < -0.3 is 19.1 Å². The number of likely N-dealkylation sites (N-methyl/N-ethyl adjacent to an activating group) is 1. The zero-order valence-electron chi connectivity index (χ0n) is 16.0. The second-order valence-corrected chi connectivity index (χ2v) is 5.58. The van der Waals surface area contributed by atoms with Crippen molar-refractivity contribution < 1.29 is 19.0 Å². The topological polar surface area (TPSA) is 95.6 Å². The van der Waals surface area contributed by atoms with E-state index in [-0.39, 0.29) is 24.7 Å². The molecule has 0 aliphatic rings. The highest BCUT2D eigenvalue weighted by molar-refractivity contribution is 5.71. The Morgan fingerprint density at radius 2 is 1.75 bits per heavy atom. The van der Waals surface area contributed by atoms with Crippen molar-refractivity contribution in [2.75, 3.05) is 39.5 Å². The van der Waals surface area contributed by atoms with Crippen molar-refractivity contribution in [1.82, 2.24) is 4.90 Å². The molecule has 0 heterocycles. The molecule has 0 aliphatic heterocycles. The molecule has 0 unspecified atom stereocenters. The lowest BCUT2D eigenvalue weighted by atomic mass is 10.2. The van der Waals surface area contributed by atoms with Gasteiger partial charge in [0.2, 0.25) is 0 Å². The first kappa shape index (κ1) is 22.9. The maximum atomic E-state index is 11.8. The fourth-order valence-electron chi connectivity index (χ4n) is 2.04. The van der Waals surface area contributed by atoms with Crippen LogP contribution in [0, 0.1) is 22.7 Å². The summed E-state index contributed by atoms with van der Waals surface area (Å²) in [5, 5.41) is 17.3. The summed E-state index contributed by atoms with van der Waals surface area (Å²) in [5.41, 5.74) is 1.11. The van der Waals surface area contributed by atoms with E-state index in [9.17, 15) is 4.79 Å². The minimum atomic E-state index is -0.375. The van der Waals surface area contributed by atoms with Gasteiger partial charge in [-0.15, -0.1) is 0 Å². The van der Waals surface area contributed by atoms with Crippen molar-refractivity contribution in [1.29, 1.82) is 10.5 Å². The smallest absolute Gasteiger partial charge is 0.325 e. The number of carbonyl (C=O) groups excluding carboxylic acids is 1. The SMILES string of the molecule is CCN(/C=C/C=C(C#N)C#N)CC(=O)OCCOCCOCc1ccccc1. The van der Waals surface area contributed by atoms with Gasteiger partial charge in [0, 0.05) is 6.54 Å². The van der Waals surface area contributed by atoms with Crippen LogP contribution in [0.4, 0.5) is 0 Å². The highest BCUT2D eigenvalue weighted by Crippen LogP contribution is 2.00. The molecule has 1 rings (SSSR count). The largest absolute Gasteiger partial charge is 0.462 e. The molecular formula is C21H25N3O4. The summed E-state index contributed by atoms with van der Waals surface area (Å²) in [4.78, 5) is 13.5. The molecule has 0 atom stereocenters. The predicted molar refractivity (Wildman–Crippen MR) is 104 cm³/mol. The minimum Gasteiger partial charge on any atom is -0.462 e. The number of hydrogen-bond acceptors (Lipinski definition) is 7. The van der Waals surface area contributed by atoms with Gasteiger partial charge in [0.25, 0.3) is 0 Å². The molecule has 28 heavy (non-hydrogen) atoms. The van der Waals surface area contributed by atoms with Crippen LogP contribution < -0.4 is 0 Å². The average Bonchev–Trinajstić information content (AvgIpc) is 2.73. The van der Waals surface area contributed by atoms with E-state index in [4.69, 9.17) is 24.7 Å². The van der Waals surface area contributed by atoms with Crippen LogP contribution in [0.5, 0.6) is 0 Å². The van der Waals surface area contributed by atoms with Crippen LogP contribution >= 0.6 is 0 Å². The number of rotatable bonds is 13. The molecule has 0 saturated carbocycles. The Kier molecular flexibility index (Phi) is 12.3. The molecule has 1 aromatic rings. The fourth-order valence-corrected chi connectivity index (χ4v) is 2.04. The van der Waals surface area contributed by atoms with Crippen molar-refractivity contribution in [3.05, 3.63) is 59.8 Å². The summed E-state index contributed by atoms with van der Waals surface area (Å²) < 4.78 is 16.0. The van der Waals surface area contributed by atoms with Gasteiger partial charge in [0.15, 0.2) is 0 Å². The van der Waals surface area contributed by atoms with Gasteiger partial charge in [-0.3, -0.25) is 4.79 Å². The number of nitrogens with zero attached hydrogens (tertiary/aromatic N) is 3. The van der Waals surface area contributed by atoms with E-state index in [1.807, 2.05) is 37.3 Å². The van der Waals surface area contributed by atoms with Crippen LogP contribution in [0.15, 0.2) is 54.3 Å². The van der Waals surface area contributed by atoms with E-state index in [1.54, 1.807) is 29.3 Å². The van der Waals surface area contributed by atoms with Crippen LogP contribution in [-0.4, -0.2) is 50.4 Å². The maximum Gasteiger partial charge on any atom is 0.325 e. The molecule has 0 bridgehead atoms. The van der Waals surface area contributed by atoms with E-state index < -0.39 is 0 Å². The van der Waals surface area contributed by atoms with Crippen LogP contribution in [-0.2, 0) is 25.6 Å². The van der Waals surface area contributed by atoms with Gasteiger partial charge >= 0.3 is 5.97 Å². The lowest BCUT2D eigenvalue weighted by Crippen LogP contribution is -2.27. The van der Waals surface area contributed by atoms with Crippen LogP contribution in [0.25, 0.3) is 0 Å². The molecular weight excluding hydrogens is 358 g/mol. The molecule has 0 saturated heterocycles. The Bertz CT molecular complexity index is 701. The Morgan fingerprint density at radius 1 is 1.07 bits per heavy atom. The first-order valence-electron chi connectivity index (χ1n) is 8.97. The lowest BCUT2D eigenvalue weighted by Gasteiger charge is -2.16. The molecule has 1 aromatic carbocycles. The van der Waals surface area contributed by atoms with Gasteiger partial charge in [-0.1, -0.05) is 30.3 Å². The molecule has 7 nitrogen and oxygen atoms in total. The van der Waals surface area contributed by atoms with Crippen LogP contribution in [0.3, 0.4) is 0 Å². The number of carbonyl (C=O) groups is 1. The molecule has 0 fully saturated rings. The number of nitriles is 2. The maximum absolute atomic E-state index is 11.8. The lowest BCUT2D eigenvalue weighted by molar-refractivity contribution is -0.146. The third kappa shape index (κ3) is 10.8. The summed E-state index contributed by atoms with van der Waals surface area (Å²) >= 11 is 0. The van der Waals surface area contributed by atoms with Gasteiger partial charge in [0.05, 0.1) is 26.4 Å². The molecule has 7 heteroatoms. The summed E-state index contributed by atoms with van der Waals surface area (Å²) in [6, 6.07) is 13.4. The Morgan fingerprint density at radius 3 is 2.43 bits per heavy atom. The highest BCUT2D eigenvalue weighted by atomic mass is 16.6. The summed E-state index contributed by atoms with van der Waals surface area (Å²) in [7, 11) is 0. The van der Waals surface area contributed by atoms with E-state index in [2.05, 4.69) is 0 Å². The predicted octanol–water partition coefficient (Wildman–Crippen LogP) is 2.57. The van der Waals surface area contributed by atoms with Crippen molar-refractivity contribution in [3.63, 3.8) is 0 Å². The quantitative estimate of drug-likeness (QED) is 0.223. The van der Waals surface area contributed by atoms with Crippen molar-refractivity contribution in [2.45, 2.75) is 13.5 Å². The second kappa shape index (κ2) is 15.0. The van der Waals surface area contributed by atoms with Gasteiger partial charge in [-0.05, 0) is 30.8 Å². The number of ether oxygens (including phenoxy) is 3. The standard InChI is InChI=1S/C21H25N3O4/c1-2-24(10-6-9-20(15-22)16-23)17-21(25)28-14-13-26-11-12-27-18-19-7-4-3-5-8-19/h3-10H,2,11-14,17-18H2,1H3/b10-6+. The molecule has 0 amide bonds. The Hall–Kier alpha value is -3.13. The van der Waals surface area contributed by atoms with E-state index in [0.717, 1.165) is 5.56 Å². The first-order chi connectivity index (χ1) is 13.7. The average molecular weight is 383 g/mol. The molecule has 0 aliphatic carbocycles. The number of hydrogen-bond donors (Lipinski definition) is 0. The normalized spacial score (nSPS) is 10.1.